The number of hydrogen-bond acceptors (Lipinski definition) is 3. The van der Waals surface area contributed by atoms with Crippen LogP contribution in [0.15, 0.2) is 72.8 Å². The Hall–Kier alpha value is -3.05. The molecule has 1 heterocycles. The lowest BCUT2D eigenvalue weighted by atomic mass is 9.87. The predicted octanol–water partition coefficient (Wildman–Crippen LogP) is 7.14. The first-order chi connectivity index (χ1) is 16.1. The maximum Gasteiger partial charge on any atom is 0.255 e. The summed E-state index contributed by atoms with van der Waals surface area (Å²) in [6, 6.07) is 23.8. The van der Waals surface area contributed by atoms with Gasteiger partial charge in [0.05, 0.1) is 5.75 Å². The Morgan fingerprint density at radius 2 is 1.56 bits per heavy atom. The average molecular weight is 473 g/mol. The molecule has 1 aliphatic heterocycles. The van der Waals surface area contributed by atoms with Crippen LogP contribution < -0.4 is 10.2 Å². The molecular formula is C29H32N2O2S. The van der Waals surface area contributed by atoms with Crippen molar-refractivity contribution in [3.8, 4) is 0 Å². The molecule has 1 fully saturated rings. The van der Waals surface area contributed by atoms with Gasteiger partial charge in [-0.05, 0) is 64.4 Å². The number of hydrogen-bond donors (Lipinski definition) is 1. The molecule has 1 saturated heterocycles. The predicted molar refractivity (Wildman–Crippen MR) is 143 cm³/mol. The van der Waals surface area contributed by atoms with E-state index in [1.54, 1.807) is 11.8 Å². The lowest BCUT2D eigenvalue weighted by Gasteiger charge is -2.25. The molecule has 3 aromatic carbocycles. The highest BCUT2D eigenvalue weighted by Crippen LogP contribution is 2.42. The summed E-state index contributed by atoms with van der Waals surface area (Å²) in [5, 5.41) is 2.90. The molecule has 0 aromatic heterocycles. The molecule has 1 aliphatic rings. The Balaban J connectivity index is 1.47. The Kier molecular flexibility index (Phi) is 6.85. The molecule has 0 aliphatic carbocycles. The standard InChI is InChI=1S/C29H32N2O2S/c1-19(2)20-10-16-25(17-11-20)31-26(32)18-34-28(31)22-8-14-24(15-9-22)30-27(33)21-6-12-23(13-7-21)29(3,4)5/h6-17,19,28H,18H2,1-5H3,(H,30,33)/t28-/m1/s1. The maximum absolute atomic E-state index is 12.7. The first-order valence-corrected chi connectivity index (χ1v) is 12.7. The molecule has 5 heteroatoms. The van der Waals surface area contributed by atoms with Gasteiger partial charge in [0.2, 0.25) is 5.91 Å². The molecule has 34 heavy (non-hydrogen) atoms. The monoisotopic (exact) mass is 472 g/mol. The van der Waals surface area contributed by atoms with Crippen molar-refractivity contribution < 1.29 is 9.59 Å². The van der Waals surface area contributed by atoms with Crippen molar-refractivity contribution >= 4 is 35.0 Å². The summed E-state index contributed by atoms with van der Waals surface area (Å²) in [6.45, 7) is 10.8. The third-order valence-corrected chi connectivity index (χ3v) is 7.38. The quantitative estimate of drug-likeness (QED) is 0.429. The number of benzene rings is 3. The van der Waals surface area contributed by atoms with Crippen LogP contribution in [0.1, 0.15) is 73.0 Å². The number of nitrogens with zero attached hydrogens (tertiary/aromatic N) is 1. The van der Waals surface area contributed by atoms with Crippen molar-refractivity contribution in [2.24, 2.45) is 0 Å². The number of carbonyl (C=O) groups is 2. The zero-order chi connectivity index (χ0) is 24.5. The summed E-state index contributed by atoms with van der Waals surface area (Å²) in [5.41, 5.74) is 5.82. The molecule has 1 N–H and O–H groups in total. The van der Waals surface area contributed by atoms with E-state index in [9.17, 15) is 9.59 Å². The molecule has 0 unspecified atom stereocenters. The van der Waals surface area contributed by atoms with E-state index < -0.39 is 0 Å². The van der Waals surface area contributed by atoms with E-state index in [4.69, 9.17) is 0 Å². The average Bonchev–Trinajstić information content (AvgIpc) is 3.20. The largest absolute Gasteiger partial charge is 0.322 e. The van der Waals surface area contributed by atoms with Crippen LogP contribution in [0, 0.1) is 0 Å². The van der Waals surface area contributed by atoms with Gasteiger partial charge in [0.15, 0.2) is 0 Å². The molecule has 3 aromatic rings. The van der Waals surface area contributed by atoms with Crippen LogP contribution in [0.5, 0.6) is 0 Å². The van der Waals surface area contributed by atoms with E-state index in [1.807, 2.05) is 65.6 Å². The van der Waals surface area contributed by atoms with Gasteiger partial charge in [-0.25, -0.2) is 0 Å². The van der Waals surface area contributed by atoms with E-state index in [2.05, 4.69) is 52.1 Å². The number of anilines is 2. The minimum absolute atomic E-state index is 0.0504. The Labute approximate surface area is 206 Å². The summed E-state index contributed by atoms with van der Waals surface area (Å²) in [4.78, 5) is 27.3. The molecule has 4 nitrogen and oxygen atoms in total. The number of carbonyl (C=O) groups excluding carboxylic acids is 2. The van der Waals surface area contributed by atoms with Gasteiger partial charge in [0.1, 0.15) is 5.37 Å². The highest BCUT2D eigenvalue weighted by Gasteiger charge is 2.34. The van der Waals surface area contributed by atoms with Gasteiger partial charge in [-0.1, -0.05) is 71.0 Å². The second-order valence-corrected chi connectivity index (χ2v) is 11.1. The van der Waals surface area contributed by atoms with E-state index in [1.165, 1.54) is 11.1 Å². The van der Waals surface area contributed by atoms with Crippen LogP contribution in [0.4, 0.5) is 11.4 Å². The highest BCUT2D eigenvalue weighted by atomic mass is 32.2. The molecule has 1 atom stereocenters. The maximum atomic E-state index is 12.7. The summed E-state index contributed by atoms with van der Waals surface area (Å²) >= 11 is 1.63. The van der Waals surface area contributed by atoms with Crippen molar-refractivity contribution in [1.82, 2.24) is 0 Å². The Morgan fingerprint density at radius 1 is 0.941 bits per heavy atom. The van der Waals surface area contributed by atoms with Crippen molar-refractivity contribution in [1.29, 1.82) is 0 Å². The molecule has 0 radical (unpaired) electrons. The topological polar surface area (TPSA) is 49.4 Å². The first kappa shape index (κ1) is 24.1. The van der Waals surface area contributed by atoms with E-state index >= 15 is 0 Å². The smallest absolute Gasteiger partial charge is 0.255 e. The molecule has 0 spiro atoms. The van der Waals surface area contributed by atoms with Crippen LogP contribution in [-0.2, 0) is 10.2 Å². The fraction of sp³-hybridized carbons (Fsp3) is 0.310. The fourth-order valence-electron chi connectivity index (χ4n) is 4.03. The lowest BCUT2D eigenvalue weighted by molar-refractivity contribution is -0.115. The zero-order valence-electron chi connectivity index (χ0n) is 20.5. The van der Waals surface area contributed by atoms with Gasteiger partial charge in [-0.2, -0.15) is 0 Å². The summed E-state index contributed by atoms with van der Waals surface area (Å²) in [6.07, 6.45) is 0. The molecule has 176 valence electrons. The van der Waals surface area contributed by atoms with Gasteiger partial charge >= 0.3 is 0 Å². The molecule has 0 bridgehead atoms. The molecular weight excluding hydrogens is 440 g/mol. The molecule has 4 rings (SSSR count). The van der Waals surface area contributed by atoms with Crippen LogP contribution in [-0.4, -0.2) is 17.6 Å². The summed E-state index contributed by atoms with van der Waals surface area (Å²) in [7, 11) is 0. The third kappa shape index (κ3) is 5.20. The minimum atomic E-state index is -0.134. The van der Waals surface area contributed by atoms with E-state index in [-0.39, 0.29) is 22.6 Å². The van der Waals surface area contributed by atoms with Crippen molar-refractivity contribution in [3.63, 3.8) is 0 Å². The number of nitrogens with one attached hydrogen (secondary N) is 1. The van der Waals surface area contributed by atoms with Gasteiger partial charge in [-0.15, -0.1) is 11.8 Å². The molecule has 0 saturated carbocycles. The van der Waals surface area contributed by atoms with E-state index in [0.717, 1.165) is 16.9 Å². The van der Waals surface area contributed by atoms with Gasteiger partial charge < -0.3 is 5.32 Å². The van der Waals surface area contributed by atoms with Crippen molar-refractivity contribution in [2.45, 2.75) is 51.3 Å². The zero-order valence-corrected chi connectivity index (χ0v) is 21.3. The van der Waals surface area contributed by atoms with Crippen molar-refractivity contribution in [3.05, 3.63) is 95.1 Å². The Morgan fingerprint density at radius 3 is 2.12 bits per heavy atom. The van der Waals surface area contributed by atoms with Crippen LogP contribution in [0.25, 0.3) is 0 Å². The number of amides is 2. The van der Waals surface area contributed by atoms with Crippen molar-refractivity contribution in [2.75, 3.05) is 16.0 Å². The third-order valence-electron chi connectivity index (χ3n) is 6.17. The van der Waals surface area contributed by atoms with Crippen LogP contribution >= 0.6 is 11.8 Å². The first-order valence-electron chi connectivity index (χ1n) is 11.7. The second-order valence-electron chi connectivity index (χ2n) is 10.1. The highest BCUT2D eigenvalue weighted by molar-refractivity contribution is 8.00. The Bertz CT molecular complexity index is 1160. The van der Waals surface area contributed by atoms with Gasteiger partial charge in [0, 0.05) is 16.9 Å². The van der Waals surface area contributed by atoms with Crippen LogP contribution in [0.2, 0.25) is 0 Å². The summed E-state index contributed by atoms with van der Waals surface area (Å²) < 4.78 is 0. The fourth-order valence-corrected chi connectivity index (χ4v) is 5.20. The number of thioether (sulfide) groups is 1. The lowest BCUT2D eigenvalue weighted by Crippen LogP contribution is -2.27. The minimum Gasteiger partial charge on any atom is -0.322 e. The normalized spacial score (nSPS) is 16.2. The van der Waals surface area contributed by atoms with Gasteiger partial charge in [-0.3, -0.25) is 14.5 Å². The van der Waals surface area contributed by atoms with Gasteiger partial charge in [0.25, 0.3) is 5.91 Å². The number of rotatable bonds is 5. The van der Waals surface area contributed by atoms with Crippen LogP contribution in [0.3, 0.4) is 0 Å². The van der Waals surface area contributed by atoms with E-state index in [0.29, 0.717) is 17.2 Å². The SMILES string of the molecule is CC(C)c1ccc(N2C(=O)CS[C@@H]2c2ccc(NC(=O)c3ccc(C(C)(C)C)cc3)cc2)cc1. The molecule has 2 amide bonds. The summed E-state index contributed by atoms with van der Waals surface area (Å²) in [5.74, 6) is 0.890. The second kappa shape index (κ2) is 9.67.